The Kier molecular flexibility index (Phi) is 5.67. The number of anilines is 2. The van der Waals surface area contributed by atoms with Crippen molar-refractivity contribution in [2.45, 2.75) is 0 Å². The van der Waals surface area contributed by atoms with Gasteiger partial charge < -0.3 is 15.4 Å². The number of rotatable bonds is 5. The zero-order valence-corrected chi connectivity index (χ0v) is 18.5. The maximum atomic E-state index is 13.2. The van der Waals surface area contributed by atoms with Crippen molar-refractivity contribution in [3.63, 3.8) is 0 Å². The van der Waals surface area contributed by atoms with E-state index in [4.69, 9.17) is 4.74 Å². The fourth-order valence-corrected chi connectivity index (χ4v) is 4.08. The minimum Gasteiger partial charge on any atom is -0.496 e. The molecule has 0 saturated carbocycles. The normalized spacial score (nSPS) is 10.7. The second kappa shape index (κ2) is 9.08. The predicted molar refractivity (Wildman–Crippen MR) is 137 cm³/mol. The van der Waals surface area contributed by atoms with E-state index in [2.05, 4.69) is 10.6 Å². The molecular weight excluding hydrogens is 424 g/mol. The van der Waals surface area contributed by atoms with Crippen LogP contribution in [0, 0.1) is 0 Å². The van der Waals surface area contributed by atoms with E-state index in [1.807, 2.05) is 84.9 Å². The van der Waals surface area contributed by atoms with E-state index >= 15 is 0 Å². The first-order chi connectivity index (χ1) is 16.6. The number of hydrogen-bond donors (Lipinski definition) is 2. The molecule has 0 bridgehead atoms. The van der Waals surface area contributed by atoms with Gasteiger partial charge in [-0.1, -0.05) is 72.8 Å². The molecule has 0 atom stereocenters. The maximum Gasteiger partial charge on any atom is 0.259 e. The lowest BCUT2D eigenvalue weighted by molar-refractivity contribution is 0.102. The summed E-state index contributed by atoms with van der Waals surface area (Å²) in [4.78, 5) is 26.3. The van der Waals surface area contributed by atoms with Gasteiger partial charge in [0, 0.05) is 27.7 Å². The van der Waals surface area contributed by atoms with Crippen LogP contribution in [0.25, 0.3) is 21.5 Å². The predicted octanol–water partition coefficient (Wildman–Crippen LogP) is 6.51. The largest absolute Gasteiger partial charge is 0.496 e. The van der Waals surface area contributed by atoms with Crippen molar-refractivity contribution in [2.75, 3.05) is 17.7 Å². The average Bonchev–Trinajstić information content (AvgIpc) is 2.88. The van der Waals surface area contributed by atoms with Crippen LogP contribution in [0.2, 0.25) is 0 Å². The Hall–Kier alpha value is -4.64. The molecule has 2 N–H and O–H groups in total. The molecular formula is C29H22N2O3. The molecule has 5 nitrogen and oxygen atoms in total. The Morgan fingerprint density at radius 2 is 1.15 bits per heavy atom. The molecule has 0 aliphatic rings. The first kappa shape index (κ1) is 21.2. The summed E-state index contributed by atoms with van der Waals surface area (Å²) in [6.45, 7) is 0. The highest BCUT2D eigenvalue weighted by Crippen LogP contribution is 2.27. The van der Waals surface area contributed by atoms with Gasteiger partial charge in [0.2, 0.25) is 0 Å². The molecule has 0 fully saturated rings. The van der Waals surface area contributed by atoms with Gasteiger partial charge in [0.15, 0.2) is 0 Å². The number of benzene rings is 5. The van der Waals surface area contributed by atoms with Gasteiger partial charge in [-0.25, -0.2) is 0 Å². The fourth-order valence-electron chi connectivity index (χ4n) is 4.08. The first-order valence-corrected chi connectivity index (χ1v) is 10.9. The van der Waals surface area contributed by atoms with Crippen molar-refractivity contribution in [1.82, 2.24) is 0 Å². The first-order valence-electron chi connectivity index (χ1n) is 10.9. The second-order valence-electron chi connectivity index (χ2n) is 7.88. The van der Waals surface area contributed by atoms with Crippen LogP contribution in [0.15, 0.2) is 103 Å². The maximum absolute atomic E-state index is 13.2. The van der Waals surface area contributed by atoms with Crippen molar-refractivity contribution in [2.24, 2.45) is 0 Å². The summed E-state index contributed by atoms with van der Waals surface area (Å²) in [5.41, 5.74) is 2.04. The van der Waals surface area contributed by atoms with E-state index in [0.29, 0.717) is 22.7 Å². The van der Waals surface area contributed by atoms with Gasteiger partial charge in [-0.05, 0) is 41.1 Å². The van der Waals surface area contributed by atoms with Crippen LogP contribution >= 0.6 is 0 Å². The standard InChI is InChI=1S/C29H22N2O3/c1-34-27-17-16-21(28(32)30-25-14-6-10-19-8-2-4-12-22(19)25)18-24(27)29(33)31-26-15-7-11-20-9-3-5-13-23(20)26/h2-18H,1H3,(H,30,32)(H,31,33). The smallest absolute Gasteiger partial charge is 0.259 e. The summed E-state index contributed by atoms with van der Waals surface area (Å²) in [5, 5.41) is 9.87. The summed E-state index contributed by atoms with van der Waals surface area (Å²) in [6.07, 6.45) is 0. The van der Waals surface area contributed by atoms with Crippen molar-refractivity contribution in [1.29, 1.82) is 0 Å². The molecule has 0 aliphatic heterocycles. The molecule has 5 rings (SSSR count). The summed E-state index contributed by atoms with van der Waals surface area (Å²) in [6, 6.07) is 32.0. The van der Waals surface area contributed by atoms with E-state index in [1.54, 1.807) is 18.2 Å². The lowest BCUT2D eigenvalue weighted by Crippen LogP contribution is -2.17. The number of fused-ring (bicyclic) bond motifs is 2. The van der Waals surface area contributed by atoms with Crippen LogP contribution in [0.4, 0.5) is 11.4 Å². The van der Waals surface area contributed by atoms with Crippen molar-refractivity contribution < 1.29 is 14.3 Å². The number of methoxy groups -OCH3 is 1. The topological polar surface area (TPSA) is 67.4 Å². The number of hydrogen-bond acceptors (Lipinski definition) is 3. The molecule has 0 radical (unpaired) electrons. The third-order valence-electron chi connectivity index (χ3n) is 5.78. The van der Waals surface area contributed by atoms with E-state index < -0.39 is 0 Å². The van der Waals surface area contributed by atoms with E-state index in [-0.39, 0.29) is 17.4 Å². The molecule has 0 unspecified atom stereocenters. The van der Waals surface area contributed by atoms with E-state index in [9.17, 15) is 9.59 Å². The Bertz CT molecular complexity index is 1530. The van der Waals surface area contributed by atoms with Gasteiger partial charge in [-0.3, -0.25) is 9.59 Å². The quantitative estimate of drug-likeness (QED) is 0.324. The summed E-state index contributed by atoms with van der Waals surface area (Å²) in [5.74, 6) is -0.273. The molecule has 5 heteroatoms. The van der Waals surface area contributed by atoms with Crippen LogP contribution in [0.1, 0.15) is 20.7 Å². The number of carbonyl (C=O) groups is 2. The van der Waals surface area contributed by atoms with Crippen LogP contribution in [-0.2, 0) is 0 Å². The zero-order valence-electron chi connectivity index (χ0n) is 18.5. The Balaban J connectivity index is 1.45. The van der Waals surface area contributed by atoms with Crippen LogP contribution in [0.3, 0.4) is 0 Å². The van der Waals surface area contributed by atoms with Crippen molar-refractivity contribution >= 4 is 44.7 Å². The number of carbonyl (C=O) groups excluding carboxylic acids is 2. The summed E-state index contributed by atoms with van der Waals surface area (Å²) >= 11 is 0. The van der Waals surface area contributed by atoms with Gasteiger partial charge in [0.1, 0.15) is 5.75 Å². The molecule has 5 aromatic rings. The van der Waals surface area contributed by atoms with Crippen LogP contribution in [-0.4, -0.2) is 18.9 Å². The Morgan fingerprint density at radius 3 is 1.74 bits per heavy atom. The van der Waals surface area contributed by atoms with Gasteiger partial charge >= 0.3 is 0 Å². The molecule has 0 heterocycles. The minimum atomic E-state index is -0.354. The van der Waals surface area contributed by atoms with Crippen molar-refractivity contribution in [3.8, 4) is 5.75 Å². The third-order valence-corrected chi connectivity index (χ3v) is 5.78. The Morgan fingerprint density at radius 1 is 0.618 bits per heavy atom. The molecule has 0 aromatic heterocycles. The molecule has 166 valence electrons. The number of nitrogens with one attached hydrogen (secondary N) is 2. The van der Waals surface area contributed by atoms with Crippen LogP contribution in [0.5, 0.6) is 5.75 Å². The van der Waals surface area contributed by atoms with Gasteiger partial charge in [0.25, 0.3) is 11.8 Å². The molecule has 0 spiro atoms. The third kappa shape index (κ3) is 4.07. The highest BCUT2D eigenvalue weighted by atomic mass is 16.5. The second-order valence-corrected chi connectivity index (χ2v) is 7.88. The lowest BCUT2D eigenvalue weighted by atomic mass is 10.1. The number of amides is 2. The lowest BCUT2D eigenvalue weighted by Gasteiger charge is -2.13. The van der Waals surface area contributed by atoms with Crippen molar-refractivity contribution in [3.05, 3.63) is 114 Å². The molecule has 0 saturated heterocycles. The van der Waals surface area contributed by atoms with Gasteiger partial charge in [0.05, 0.1) is 12.7 Å². The highest BCUT2D eigenvalue weighted by molar-refractivity contribution is 6.13. The van der Waals surface area contributed by atoms with Gasteiger partial charge in [-0.15, -0.1) is 0 Å². The van der Waals surface area contributed by atoms with Crippen LogP contribution < -0.4 is 15.4 Å². The van der Waals surface area contributed by atoms with E-state index in [1.165, 1.54) is 7.11 Å². The van der Waals surface area contributed by atoms with E-state index in [0.717, 1.165) is 21.5 Å². The average molecular weight is 447 g/mol. The van der Waals surface area contributed by atoms with Gasteiger partial charge in [-0.2, -0.15) is 0 Å². The zero-order chi connectivity index (χ0) is 23.5. The molecule has 0 aliphatic carbocycles. The summed E-state index contributed by atoms with van der Waals surface area (Å²) in [7, 11) is 1.50. The number of ether oxygens (including phenoxy) is 1. The highest BCUT2D eigenvalue weighted by Gasteiger charge is 2.17. The monoisotopic (exact) mass is 446 g/mol. The molecule has 5 aromatic carbocycles. The molecule has 34 heavy (non-hydrogen) atoms. The summed E-state index contributed by atoms with van der Waals surface area (Å²) < 4.78 is 5.41. The molecule has 2 amide bonds. The Labute approximate surface area is 197 Å². The minimum absolute atomic E-state index is 0.279. The SMILES string of the molecule is COc1ccc(C(=O)Nc2cccc3ccccc23)cc1C(=O)Nc1cccc2ccccc12. The fraction of sp³-hybridized carbons (Fsp3) is 0.0345.